The molecule has 0 unspecified atom stereocenters. The minimum Gasteiger partial charge on any atom is -0.396 e. The molecule has 1 aliphatic rings. The predicted octanol–water partition coefficient (Wildman–Crippen LogP) is 0.301. The largest absolute Gasteiger partial charge is 0.396 e. The lowest BCUT2D eigenvalue weighted by molar-refractivity contribution is -0.130. The Morgan fingerprint density at radius 1 is 1.37 bits per heavy atom. The molecule has 0 aliphatic carbocycles. The SMILES string of the molecule is CN(CC1(CO)COC1)c1ccc2[nH]c(=O)[nH]c2c1. The molecule has 1 saturated heterocycles. The molecule has 3 N–H and O–H groups in total. The molecule has 19 heavy (non-hydrogen) atoms. The number of rotatable bonds is 4. The molecule has 102 valence electrons. The zero-order valence-electron chi connectivity index (χ0n) is 10.8. The van der Waals surface area contributed by atoms with Gasteiger partial charge in [-0.25, -0.2) is 4.79 Å². The van der Waals surface area contributed by atoms with Crippen molar-refractivity contribution in [1.29, 1.82) is 0 Å². The zero-order valence-corrected chi connectivity index (χ0v) is 10.8. The van der Waals surface area contributed by atoms with Crippen molar-refractivity contribution in [3.63, 3.8) is 0 Å². The maximum atomic E-state index is 11.2. The lowest BCUT2D eigenvalue weighted by atomic mass is 9.86. The molecule has 6 heteroatoms. The molecule has 1 aromatic heterocycles. The number of fused-ring (bicyclic) bond motifs is 1. The van der Waals surface area contributed by atoms with E-state index in [1.54, 1.807) is 0 Å². The number of aliphatic hydroxyl groups is 1. The molecule has 0 bridgehead atoms. The van der Waals surface area contributed by atoms with Crippen LogP contribution in [0.4, 0.5) is 5.69 Å². The summed E-state index contributed by atoms with van der Waals surface area (Å²) in [5.41, 5.74) is 2.23. The van der Waals surface area contributed by atoms with Gasteiger partial charge in [0.25, 0.3) is 0 Å². The lowest BCUT2D eigenvalue weighted by Gasteiger charge is -2.42. The Morgan fingerprint density at radius 3 is 2.74 bits per heavy atom. The predicted molar refractivity (Wildman–Crippen MR) is 72.5 cm³/mol. The Kier molecular flexibility index (Phi) is 2.83. The van der Waals surface area contributed by atoms with Crippen molar-refractivity contribution in [3.8, 4) is 0 Å². The van der Waals surface area contributed by atoms with E-state index in [1.165, 1.54) is 0 Å². The smallest absolute Gasteiger partial charge is 0.323 e. The molecule has 0 amide bonds. The Balaban J connectivity index is 1.84. The molecule has 6 nitrogen and oxygen atoms in total. The maximum absolute atomic E-state index is 11.2. The second-order valence-electron chi connectivity index (χ2n) is 5.32. The van der Waals surface area contributed by atoms with E-state index in [2.05, 4.69) is 14.9 Å². The van der Waals surface area contributed by atoms with Crippen molar-refractivity contribution >= 4 is 16.7 Å². The van der Waals surface area contributed by atoms with Crippen molar-refractivity contribution in [1.82, 2.24) is 9.97 Å². The summed E-state index contributed by atoms with van der Waals surface area (Å²) in [7, 11) is 1.97. The normalized spacial score (nSPS) is 17.4. The third-order valence-electron chi connectivity index (χ3n) is 3.66. The first-order valence-corrected chi connectivity index (χ1v) is 6.24. The number of aliphatic hydroxyl groups excluding tert-OH is 1. The first-order chi connectivity index (χ1) is 9.12. The van der Waals surface area contributed by atoms with E-state index < -0.39 is 0 Å². The Labute approximate surface area is 110 Å². The number of aromatic nitrogens is 2. The highest BCUT2D eigenvalue weighted by atomic mass is 16.5. The number of hydrogen-bond acceptors (Lipinski definition) is 4. The van der Waals surface area contributed by atoms with Gasteiger partial charge in [-0.3, -0.25) is 0 Å². The van der Waals surface area contributed by atoms with Gasteiger partial charge >= 0.3 is 5.69 Å². The van der Waals surface area contributed by atoms with E-state index in [9.17, 15) is 9.90 Å². The second kappa shape index (κ2) is 4.40. The summed E-state index contributed by atoms with van der Waals surface area (Å²) in [5.74, 6) is 0. The van der Waals surface area contributed by atoms with Crippen molar-refractivity contribution in [2.24, 2.45) is 5.41 Å². The molecule has 0 spiro atoms. The van der Waals surface area contributed by atoms with Crippen molar-refractivity contribution in [3.05, 3.63) is 28.7 Å². The van der Waals surface area contributed by atoms with Gasteiger partial charge < -0.3 is 24.7 Å². The molecular weight excluding hydrogens is 246 g/mol. The highest BCUT2D eigenvalue weighted by Crippen LogP contribution is 2.29. The standard InChI is InChI=1S/C13H17N3O3/c1-16(5-13(6-17)7-19-8-13)9-2-3-10-11(4-9)15-12(18)14-10/h2-4,17H,5-8H2,1H3,(H2,14,15,18). The minimum atomic E-state index is -0.200. The van der Waals surface area contributed by atoms with Crippen LogP contribution in [0.3, 0.4) is 0 Å². The van der Waals surface area contributed by atoms with Gasteiger partial charge in [0.1, 0.15) is 0 Å². The summed E-state index contributed by atoms with van der Waals surface area (Å²) in [6, 6.07) is 5.76. The summed E-state index contributed by atoms with van der Waals surface area (Å²) in [6.07, 6.45) is 0. The van der Waals surface area contributed by atoms with Crippen LogP contribution in [0.1, 0.15) is 0 Å². The van der Waals surface area contributed by atoms with E-state index in [1.807, 2.05) is 25.2 Å². The van der Waals surface area contributed by atoms with Crippen LogP contribution in [0.2, 0.25) is 0 Å². The summed E-state index contributed by atoms with van der Waals surface area (Å²) >= 11 is 0. The summed E-state index contributed by atoms with van der Waals surface area (Å²) in [4.78, 5) is 18.8. The Bertz CT molecular complexity index is 636. The first kappa shape index (κ1) is 12.3. The van der Waals surface area contributed by atoms with E-state index in [-0.39, 0.29) is 17.7 Å². The average molecular weight is 263 g/mol. The molecule has 2 aromatic rings. The van der Waals surface area contributed by atoms with Crippen LogP contribution in [0.25, 0.3) is 11.0 Å². The monoisotopic (exact) mass is 263 g/mol. The number of aromatic amines is 2. The maximum Gasteiger partial charge on any atom is 0.323 e. The van der Waals surface area contributed by atoms with Crippen molar-refractivity contribution in [2.45, 2.75) is 0 Å². The number of H-pyrrole nitrogens is 2. The fourth-order valence-corrected chi connectivity index (χ4v) is 2.48. The van der Waals surface area contributed by atoms with Crippen molar-refractivity contribution in [2.75, 3.05) is 38.3 Å². The molecule has 0 radical (unpaired) electrons. The van der Waals surface area contributed by atoms with Crippen LogP contribution in [0, 0.1) is 5.41 Å². The van der Waals surface area contributed by atoms with Crippen LogP contribution in [-0.2, 0) is 4.74 Å². The fourth-order valence-electron chi connectivity index (χ4n) is 2.48. The second-order valence-corrected chi connectivity index (χ2v) is 5.32. The number of imidazole rings is 1. The number of benzene rings is 1. The van der Waals surface area contributed by atoms with Gasteiger partial charge in [0.2, 0.25) is 0 Å². The van der Waals surface area contributed by atoms with Gasteiger partial charge in [-0.15, -0.1) is 0 Å². The van der Waals surface area contributed by atoms with Crippen LogP contribution in [0.15, 0.2) is 23.0 Å². The number of anilines is 1. The summed E-state index contributed by atoms with van der Waals surface area (Å²) in [5, 5.41) is 9.45. The number of nitrogens with zero attached hydrogens (tertiary/aromatic N) is 1. The highest BCUT2D eigenvalue weighted by molar-refractivity contribution is 5.78. The van der Waals surface area contributed by atoms with Gasteiger partial charge in [-0.05, 0) is 18.2 Å². The molecule has 1 aromatic carbocycles. The van der Waals surface area contributed by atoms with Gasteiger partial charge in [0.05, 0.1) is 36.3 Å². The van der Waals surface area contributed by atoms with Crippen LogP contribution >= 0.6 is 0 Å². The van der Waals surface area contributed by atoms with Gasteiger partial charge in [-0.2, -0.15) is 0 Å². The molecule has 1 fully saturated rings. The number of hydrogen-bond donors (Lipinski definition) is 3. The molecule has 0 saturated carbocycles. The number of ether oxygens (including phenoxy) is 1. The highest BCUT2D eigenvalue weighted by Gasteiger charge is 2.39. The Hall–Kier alpha value is -1.79. The zero-order chi connectivity index (χ0) is 13.5. The van der Waals surface area contributed by atoms with E-state index in [4.69, 9.17) is 4.74 Å². The third kappa shape index (κ3) is 2.13. The Morgan fingerprint density at radius 2 is 2.11 bits per heavy atom. The molecular formula is C13H17N3O3. The summed E-state index contributed by atoms with van der Waals surface area (Å²) in [6.45, 7) is 2.04. The lowest BCUT2D eigenvalue weighted by Crippen LogP contribution is -2.52. The van der Waals surface area contributed by atoms with E-state index in [0.717, 1.165) is 23.3 Å². The fraction of sp³-hybridized carbons (Fsp3) is 0.462. The molecule has 2 heterocycles. The average Bonchev–Trinajstić information content (AvgIpc) is 2.72. The van der Waals surface area contributed by atoms with Crippen molar-refractivity contribution < 1.29 is 9.84 Å². The van der Waals surface area contributed by atoms with Gasteiger partial charge in [0, 0.05) is 19.3 Å². The van der Waals surface area contributed by atoms with Gasteiger partial charge in [-0.1, -0.05) is 0 Å². The topological polar surface area (TPSA) is 81.3 Å². The molecule has 3 rings (SSSR count). The quantitative estimate of drug-likeness (QED) is 0.741. The minimum absolute atomic E-state index is 0.126. The first-order valence-electron chi connectivity index (χ1n) is 6.24. The van der Waals surface area contributed by atoms with E-state index >= 15 is 0 Å². The third-order valence-corrected chi connectivity index (χ3v) is 3.66. The number of nitrogens with one attached hydrogen (secondary N) is 2. The summed E-state index contributed by atoms with van der Waals surface area (Å²) < 4.78 is 5.20. The van der Waals surface area contributed by atoms with E-state index in [0.29, 0.717) is 13.2 Å². The van der Waals surface area contributed by atoms with Crippen LogP contribution in [-0.4, -0.2) is 48.5 Å². The molecule has 1 aliphatic heterocycles. The van der Waals surface area contributed by atoms with Crippen LogP contribution in [0.5, 0.6) is 0 Å². The van der Waals surface area contributed by atoms with Crippen LogP contribution < -0.4 is 10.6 Å². The molecule has 0 atom stereocenters. The van der Waals surface area contributed by atoms with Gasteiger partial charge in [0.15, 0.2) is 0 Å².